The summed E-state index contributed by atoms with van der Waals surface area (Å²) in [5.74, 6) is 0.0602. The van der Waals surface area contributed by atoms with Crippen LogP contribution in [0.3, 0.4) is 0 Å². The van der Waals surface area contributed by atoms with Crippen LogP contribution in [0.25, 0.3) is 0 Å². The molecule has 4 heteroatoms. The molecular weight excluding hydrogens is 132 g/mol. The molecule has 1 aliphatic rings. The SMILES string of the molecule is NC1C=CC(C[N+](=O)[O-])C1. The highest BCUT2D eigenvalue weighted by Crippen LogP contribution is 2.15. The van der Waals surface area contributed by atoms with Crippen molar-refractivity contribution in [3.8, 4) is 0 Å². The van der Waals surface area contributed by atoms with Crippen molar-refractivity contribution in [1.29, 1.82) is 0 Å². The summed E-state index contributed by atoms with van der Waals surface area (Å²) in [6.07, 6.45) is 4.38. The summed E-state index contributed by atoms with van der Waals surface area (Å²) in [4.78, 5) is 9.69. The Morgan fingerprint density at radius 2 is 2.40 bits per heavy atom. The summed E-state index contributed by atoms with van der Waals surface area (Å²) < 4.78 is 0. The topological polar surface area (TPSA) is 69.2 Å². The summed E-state index contributed by atoms with van der Waals surface area (Å²) in [6, 6.07) is 0.0324. The third kappa shape index (κ3) is 1.80. The Hall–Kier alpha value is -0.900. The van der Waals surface area contributed by atoms with Crippen molar-refractivity contribution in [3.05, 3.63) is 22.3 Å². The van der Waals surface area contributed by atoms with Gasteiger partial charge in [0.1, 0.15) is 0 Å². The number of hydrogen-bond acceptors (Lipinski definition) is 3. The van der Waals surface area contributed by atoms with E-state index in [0.717, 1.165) is 6.42 Å². The second kappa shape index (κ2) is 2.79. The van der Waals surface area contributed by atoms with Crippen molar-refractivity contribution in [2.45, 2.75) is 12.5 Å². The highest BCUT2D eigenvalue weighted by Gasteiger charge is 2.19. The largest absolute Gasteiger partial charge is 0.324 e. The van der Waals surface area contributed by atoms with Crippen LogP contribution in [0.5, 0.6) is 0 Å². The lowest BCUT2D eigenvalue weighted by atomic mass is 10.1. The van der Waals surface area contributed by atoms with Crippen LogP contribution in [0.4, 0.5) is 0 Å². The molecule has 0 radical (unpaired) electrons. The maximum absolute atomic E-state index is 9.99. The van der Waals surface area contributed by atoms with Crippen molar-refractivity contribution in [1.82, 2.24) is 0 Å². The molecule has 0 aliphatic heterocycles. The van der Waals surface area contributed by atoms with E-state index in [2.05, 4.69) is 0 Å². The van der Waals surface area contributed by atoms with Gasteiger partial charge in [0.05, 0.1) is 0 Å². The molecule has 0 aromatic rings. The van der Waals surface area contributed by atoms with E-state index in [-0.39, 0.29) is 23.4 Å². The van der Waals surface area contributed by atoms with Crippen LogP contribution >= 0.6 is 0 Å². The molecule has 2 atom stereocenters. The molecule has 0 heterocycles. The van der Waals surface area contributed by atoms with E-state index in [1.54, 1.807) is 0 Å². The van der Waals surface area contributed by atoms with Gasteiger partial charge in [-0.2, -0.15) is 0 Å². The lowest BCUT2D eigenvalue weighted by Gasteiger charge is -2.01. The van der Waals surface area contributed by atoms with E-state index in [9.17, 15) is 10.1 Å². The molecule has 0 aromatic heterocycles. The molecule has 1 aliphatic carbocycles. The minimum atomic E-state index is -0.299. The maximum atomic E-state index is 9.99. The number of nitrogens with zero attached hydrogens (tertiary/aromatic N) is 1. The Labute approximate surface area is 58.9 Å². The molecule has 0 amide bonds. The maximum Gasteiger partial charge on any atom is 0.210 e. The van der Waals surface area contributed by atoms with Gasteiger partial charge in [-0.25, -0.2) is 0 Å². The second-order valence-electron chi connectivity index (χ2n) is 2.56. The average Bonchev–Trinajstić information content (AvgIpc) is 2.13. The minimum Gasteiger partial charge on any atom is -0.324 e. The summed E-state index contributed by atoms with van der Waals surface area (Å²) in [7, 11) is 0. The summed E-state index contributed by atoms with van der Waals surface area (Å²) >= 11 is 0. The monoisotopic (exact) mass is 142 g/mol. The van der Waals surface area contributed by atoms with Gasteiger partial charge in [-0.1, -0.05) is 12.2 Å². The van der Waals surface area contributed by atoms with Crippen LogP contribution in [-0.4, -0.2) is 17.5 Å². The molecule has 56 valence electrons. The third-order valence-corrected chi connectivity index (χ3v) is 1.59. The molecular formula is C6H10N2O2. The first kappa shape index (κ1) is 7.21. The first-order chi connectivity index (χ1) is 4.68. The van der Waals surface area contributed by atoms with Crippen molar-refractivity contribution in [2.75, 3.05) is 6.54 Å². The molecule has 0 fully saturated rings. The fourth-order valence-electron chi connectivity index (χ4n) is 1.13. The molecule has 0 saturated carbocycles. The first-order valence-electron chi connectivity index (χ1n) is 3.24. The predicted molar refractivity (Wildman–Crippen MR) is 37.1 cm³/mol. The zero-order chi connectivity index (χ0) is 7.56. The van der Waals surface area contributed by atoms with Gasteiger partial charge in [0, 0.05) is 16.9 Å². The van der Waals surface area contributed by atoms with E-state index >= 15 is 0 Å². The van der Waals surface area contributed by atoms with Crippen LogP contribution in [0.15, 0.2) is 12.2 Å². The zero-order valence-corrected chi connectivity index (χ0v) is 5.56. The van der Waals surface area contributed by atoms with Crippen LogP contribution in [0.1, 0.15) is 6.42 Å². The van der Waals surface area contributed by atoms with E-state index in [0.29, 0.717) is 0 Å². The quantitative estimate of drug-likeness (QED) is 0.339. The normalized spacial score (nSPS) is 30.9. The van der Waals surface area contributed by atoms with Crippen molar-refractivity contribution >= 4 is 0 Å². The summed E-state index contributed by atoms with van der Waals surface area (Å²) in [5.41, 5.74) is 5.49. The van der Waals surface area contributed by atoms with Crippen molar-refractivity contribution in [2.24, 2.45) is 11.7 Å². The van der Waals surface area contributed by atoms with Crippen molar-refractivity contribution < 1.29 is 4.92 Å². The van der Waals surface area contributed by atoms with E-state index in [1.807, 2.05) is 12.2 Å². The summed E-state index contributed by atoms with van der Waals surface area (Å²) in [6.45, 7) is 0.0181. The fraction of sp³-hybridized carbons (Fsp3) is 0.667. The summed E-state index contributed by atoms with van der Waals surface area (Å²) in [5, 5.41) is 9.99. The number of nitrogens with two attached hydrogens (primary N) is 1. The Kier molecular flexibility index (Phi) is 2.01. The Morgan fingerprint density at radius 3 is 2.80 bits per heavy atom. The third-order valence-electron chi connectivity index (χ3n) is 1.59. The molecule has 0 saturated heterocycles. The van der Waals surface area contributed by atoms with Gasteiger partial charge in [-0.15, -0.1) is 0 Å². The molecule has 2 unspecified atom stereocenters. The van der Waals surface area contributed by atoms with Gasteiger partial charge in [-0.3, -0.25) is 10.1 Å². The Morgan fingerprint density at radius 1 is 1.70 bits per heavy atom. The van der Waals surface area contributed by atoms with Gasteiger partial charge in [0.25, 0.3) is 0 Å². The standard InChI is InChI=1S/C6H10N2O2/c7-6-2-1-5(3-6)4-8(9)10/h1-2,5-6H,3-4,7H2. The molecule has 4 nitrogen and oxygen atoms in total. The average molecular weight is 142 g/mol. The van der Waals surface area contributed by atoms with Crippen molar-refractivity contribution in [3.63, 3.8) is 0 Å². The lowest BCUT2D eigenvalue weighted by Crippen LogP contribution is -2.18. The van der Waals surface area contributed by atoms with Crippen LogP contribution in [0, 0.1) is 16.0 Å². The van der Waals surface area contributed by atoms with E-state index in [4.69, 9.17) is 5.73 Å². The highest BCUT2D eigenvalue weighted by molar-refractivity contribution is 5.04. The number of rotatable bonds is 2. The van der Waals surface area contributed by atoms with Crippen LogP contribution in [0.2, 0.25) is 0 Å². The molecule has 0 aromatic carbocycles. The fourth-order valence-corrected chi connectivity index (χ4v) is 1.13. The molecule has 2 N–H and O–H groups in total. The highest BCUT2D eigenvalue weighted by atomic mass is 16.6. The van der Waals surface area contributed by atoms with Gasteiger partial charge < -0.3 is 5.73 Å². The number of hydrogen-bond donors (Lipinski definition) is 1. The van der Waals surface area contributed by atoms with Gasteiger partial charge in [-0.05, 0) is 6.42 Å². The van der Waals surface area contributed by atoms with Gasteiger partial charge in [0.2, 0.25) is 6.54 Å². The minimum absolute atomic E-state index is 0.0181. The number of nitro groups is 1. The second-order valence-corrected chi connectivity index (χ2v) is 2.56. The molecule has 10 heavy (non-hydrogen) atoms. The zero-order valence-electron chi connectivity index (χ0n) is 5.56. The van der Waals surface area contributed by atoms with Gasteiger partial charge in [0.15, 0.2) is 0 Å². The molecule has 1 rings (SSSR count). The smallest absolute Gasteiger partial charge is 0.210 e. The Bertz CT molecular complexity index is 167. The molecule has 0 spiro atoms. The van der Waals surface area contributed by atoms with Crippen LogP contribution in [-0.2, 0) is 0 Å². The van der Waals surface area contributed by atoms with Crippen LogP contribution < -0.4 is 5.73 Å². The van der Waals surface area contributed by atoms with E-state index in [1.165, 1.54) is 0 Å². The predicted octanol–water partition coefficient (Wildman–Crippen LogP) is 0.167. The van der Waals surface area contributed by atoms with E-state index < -0.39 is 0 Å². The van der Waals surface area contributed by atoms with Gasteiger partial charge >= 0.3 is 0 Å². The molecule has 0 bridgehead atoms. The Balaban J connectivity index is 2.33. The lowest BCUT2D eigenvalue weighted by molar-refractivity contribution is -0.485. The first-order valence-corrected chi connectivity index (χ1v) is 3.24.